The Morgan fingerprint density at radius 2 is 2.35 bits per heavy atom. The third kappa shape index (κ3) is 2.78. The summed E-state index contributed by atoms with van der Waals surface area (Å²) < 4.78 is 5.81. The topological polar surface area (TPSA) is 25.4 Å². The van der Waals surface area contributed by atoms with Gasteiger partial charge in [0, 0.05) is 17.8 Å². The summed E-state index contributed by atoms with van der Waals surface area (Å²) in [6, 6.07) is 4.65. The maximum Gasteiger partial charge on any atom is 0.218 e. The molecule has 94 valence electrons. The van der Waals surface area contributed by atoms with Crippen LogP contribution < -0.4 is 4.74 Å². The number of hydrogen-bond acceptors (Lipinski definition) is 3. The van der Waals surface area contributed by atoms with Crippen LogP contribution in [0.5, 0.6) is 5.88 Å². The van der Waals surface area contributed by atoms with Crippen LogP contribution in [-0.4, -0.2) is 29.1 Å². The van der Waals surface area contributed by atoms with Gasteiger partial charge in [-0.05, 0) is 45.8 Å². The number of hydrogen-bond donors (Lipinski definition) is 0. The molecule has 0 amide bonds. The second-order valence-electron chi connectivity index (χ2n) is 4.85. The molecule has 1 aliphatic rings. The first-order valence-electron chi connectivity index (χ1n) is 6.58. The summed E-state index contributed by atoms with van der Waals surface area (Å²) in [6.07, 6.45) is 4.48. The van der Waals surface area contributed by atoms with Gasteiger partial charge in [-0.1, -0.05) is 13.0 Å². The van der Waals surface area contributed by atoms with E-state index in [9.17, 15) is 0 Å². The summed E-state index contributed by atoms with van der Waals surface area (Å²) in [6.45, 7) is 8.60. The first kappa shape index (κ1) is 12.4. The van der Waals surface area contributed by atoms with Gasteiger partial charge in [-0.2, -0.15) is 0 Å². The third-order valence-electron chi connectivity index (χ3n) is 3.28. The zero-order valence-electron chi connectivity index (χ0n) is 11.0. The van der Waals surface area contributed by atoms with E-state index in [0.717, 1.165) is 12.4 Å². The molecule has 0 radical (unpaired) electrons. The zero-order chi connectivity index (χ0) is 12.3. The van der Waals surface area contributed by atoms with Gasteiger partial charge in [-0.3, -0.25) is 4.90 Å². The maximum absolute atomic E-state index is 5.81. The number of rotatable bonds is 4. The van der Waals surface area contributed by atoms with Gasteiger partial charge in [0.1, 0.15) is 0 Å². The Bertz CT molecular complexity index is 365. The summed E-state index contributed by atoms with van der Waals surface area (Å²) >= 11 is 0. The highest BCUT2D eigenvalue weighted by Crippen LogP contribution is 2.35. The van der Waals surface area contributed by atoms with Crippen LogP contribution >= 0.6 is 0 Å². The van der Waals surface area contributed by atoms with E-state index in [0.29, 0.717) is 6.04 Å². The average Bonchev–Trinajstić information content (AvgIpc) is 2.77. The molecule has 2 heterocycles. The molecular formula is C14H22N2O. The van der Waals surface area contributed by atoms with Crippen LogP contribution in [0.4, 0.5) is 0 Å². The predicted octanol–water partition coefficient (Wildman–Crippen LogP) is 3.03. The molecule has 0 spiro atoms. The Hall–Kier alpha value is -1.09. The largest absolute Gasteiger partial charge is 0.475 e. The molecular weight excluding hydrogens is 212 g/mol. The molecule has 0 aromatic carbocycles. The monoisotopic (exact) mass is 234 g/mol. The fourth-order valence-electron chi connectivity index (χ4n) is 2.54. The van der Waals surface area contributed by atoms with Crippen molar-refractivity contribution in [3.63, 3.8) is 0 Å². The van der Waals surface area contributed by atoms with Gasteiger partial charge < -0.3 is 4.74 Å². The van der Waals surface area contributed by atoms with E-state index < -0.39 is 0 Å². The lowest BCUT2D eigenvalue weighted by molar-refractivity contribution is 0.215. The Balaban J connectivity index is 2.24. The Morgan fingerprint density at radius 1 is 1.53 bits per heavy atom. The molecule has 2 rings (SSSR count). The van der Waals surface area contributed by atoms with E-state index in [-0.39, 0.29) is 6.10 Å². The molecule has 0 aliphatic carbocycles. The van der Waals surface area contributed by atoms with Crippen LogP contribution in [0.3, 0.4) is 0 Å². The summed E-state index contributed by atoms with van der Waals surface area (Å²) in [5, 5.41) is 0. The third-order valence-corrected chi connectivity index (χ3v) is 3.28. The molecule has 1 aromatic heterocycles. The Morgan fingerprint density at radius 3 is 3.06 bits per heavy atom. The second kappa shape index (κ2) is 5.50. The van der Waals surface area contributed by atoms with Gasteiger partial charge >= 0.3 is 0 Å². The number of ether oxygens (including phenoxy) is 1. The van der Waals surface area contributed by atoms with Crippen LogP contribution in [-0.2, 0) is 0 Å². The molecule has 17 heavy (non-hydrogen) atoms. The maximum atomic E-state index is 5.81. The standard InChI is InChI=1S/C14H22N2O/c1-4-16-10-6-8-13(16)12-7-5-9-15-14(12)17-11(2)3/h5,7,9,11,13H,4,6,8,10H2,1-3H3/t13-/m1/s1. The van der Waals surface area contributed by atoms with Gasteiger partial charge in [0.05, 0.1) is 6.10 Å². The van der Waals surface area contributed by atoms with Gasteiger partial charge in [0.25, 0.3) is 0 Å². The normalized spacial score (nSPS) is 21.1. The van der Waals surface area contributed by atoms with Crippen molar-refractivity contribution in [1.29, 1.82) is 0 Å². The summed E-state index contributed by atoms with van der Waals surface area (Å²) in [5.74, 6) is 0.813. The lowest BCUT2D eigenvalue weighted by Gasteiger charge is -2.24. The van der Waals surface area contributed by atoms with Crippen molar-refractivity contribution in [2.45, 2.75) is 45.8 Å². The van der Waals surface area contributed by atoms with Gasteiger partial charge in [0.2, 0.25) is 5.88 Å². The quantitative estimate of drug-likeness (QED) is 0.800. The van der Waals surface area contributed by atoms with Crippen molar-refractivity contribution >= 4 is 0 Å². The van der Waals surface area contributed by atoms with Crippen LogP contribution in [0.25, 0.3) is 0 Å². The van der Waals surface area contributed by atoms with E-state index in [1.807, 2.05) is 26.1 Å². The van der Waals surface area contributed by atoms with Gasteiger partial charge in [-0.15, -0.1) is 0 Å². The first-order chi connectivity index (χ1) is 8.22. The van der Waals surface area contributed by atoms with Crippen molar-refractivity contribution in [2.75, 3.05) is 13.1 Å². The van der Waals surface area contributed by atoms with Crippen LogP contribution in [0.1, 0.15) is 45.2 Å². The fourth-order valence-corrected chi connectivity index (χ4v) is 2.54. The van der Waals surface area contributed by atoms with E-state index in [1.54, 1.807) is 0 Å². The molecule has 1 aliphatic heterocycles. The lowest BCUT2D eigenvalue weighted by atomic mass is 10.1. The summed E-state index contributed by atoms with van der Waals surface area (Å²) in [4.78, 5) is 6.89. The highest BCUT2D eigenvalue weighted by Gasteiger charge is 2.27. The number of nitrogens with zero attached hydrogens (tertiary/aromatic N) is 2. The minimum Gasteiger partial charge on any atom is -0.475 e. The van der Waals surface area contributed by atoms with Gasteiger partial charge in [-0.25, -0.2) is 4.98 Å². The van der Waals surface area contributed by atoms with E-state index >= 15 is 0 Å². The number of likely N-dealkylation sites (tertiary alicyclic amines) is 1. The van der Waals surface area contributed by atoms with Crippen molar-refractivity contribution in [3.8, 4) is 5.88 Å². The minimum absolute atomic E-state index is 0.181. The molecule has 0 saturated carbocycles. The van der Waals surface area contributed by atoms with Crippen molar-refractivity contribution in [3.05, 3.63) is 23.9 Å². The van der Waals surface area contributed by atoms with Crippen molar-refractivity contribution < 1.29 is 4.74 Å². The minimum atomic E-state index is 0.181. The molecule has 0 N–H and O–H groups in total. The molecule has 0 unspecified atom stereocenters. The SMILES string of the molecule is CCN1CCC[C@@H]1c1cccnc1OC(C)C. The summed E-state index contributed by atoms with van der Waals surface area (Å²) in [5.41, 5.74) is 1.25. The highest BCUT2D eigenvalue weighted by molar-refractivity contribution is 5.30. The average molecular weight is 234 g/mol. The molecule has 1 aromatic rings. The molecule has 0 bridgehead atoms. The number of aromatic nitrogens is 1. The highest BCUT2D eigenvalue weighted by atomic mass is 16.5. The Kier molecular flexibility index (Phi) is 4.00. The van der Waals surface area contributed by atoms with Crippen LogP contribution in [0.2, 0.25) is 0 Å². The van der Waals surface area contributed by atoms with Crippen LogP contribution in [0, 0.1) is 0 Å². The van der Waals surface area contributed by atoms with E-state index in [2.05, 4.69) is 22.9 Å². The van der Waals surface area contributed by atoms with E-state index in [4.69, 9.17) is 4.74 Å². The molecule has 3 nitrogen and oxygen atoms in total. The predicted molar refractivity (Wildman–Crippen MR) is 69.2 cm³/mol. The second-order valence-corrected chi connectivity index (χ2v) is 4.85. The smallest absolute Gasteiger partial charge is 0.218 e. The first-order valence-corrected chi connectivity index (χ1v) is 6.58. The molecule has 1 saturated heterocycles. The van der Waals surface area contributed by atoms with Crippen molar-refractivity contribution in [2.24, 2.45) is 0 Å². The molecule has 1 atom stereocenters. The number of pyridine rings is 1. The lowest BCUT2D eigenvalue weighted by Crippen LogP contribution is -2.23. The molecule has 1 fully saturated rings. The molecule has 3 heteroatoms. The van der Waals surface area contributed by atoms with Crippen molar-refractivity contribution in [1.82, 2.24) is 9.88 Å². The van der Waals surface area contributed by atoms with Gasteiger partial charge in [0.15, 0.2) is 0 Å². The fraction of sp³-hybridized carbons (Fsp3) is 0.643. The Labute approximate surface area is 104 Å². The summed E-state index contributed by atoms with van der Waals surface area (Å²) in [7, 11) is 0. The zero-order valence-corrected chi connectivity index (χ0v) is 11.0. The van der Waals surface area contributed by atoms with E-state index in [1.165, 1.54) is 24.9 Å². The van der Waals surface area contributed by atoms with Crippen LogP contribution in [0.15, 0.2) is 18.3 Å².